The zero-order valence-corrected chi connectivity index (χ0v) is 14.5. The highest BCUT2D eigenvalue weighted by atomic mass is 16.6. The summed E-state index contributed by atoms with van der Waals surface area (Å²) >= 11 is 0. The van der Waals surface area contributed by atoms with Gasteiger partial charge >= 0.3 is 6.09 Å². The van der Waals surface area contributed by atoms with Gasteiger partial charge in [-0.1, -0.05) is 6.07 Å². The molecular weight excluding hydrogens is 322 g/mol. The van der Waals surface area contributed by atoms with Gasteiger partial charge < -0.3 is 14.8 Å². The largest absolute Gasteiger partial charge is 0.444 e. The molecule has 1 fully saturated rings. The minimum atomic E-state index is -0.597. The van der Waals surface area contributed by atoms with Crippen molar-refractivity contribution in [2.24, 2.45) is 0 Å². The summed E-state index contributed by atoms with van der Waals surface area (Å²) in [6.45, 7) is 5.45. The van der Waals surface area contributed by atoms with Crippen LogP contribution < -0.4 is 10.9 Å². The van der Waals surface area contributed by atoms with Crippen LogP contribution in [0, 0.1) is 0 Å². The highest BCUT2D eigenvalue weighted by molar-refractivity contribution is 5.86. The highest BCUT2D eigenvalue weighted by Gasteiger charge is 2.44. The van der Waals surface area contributed by atoms with E-state index in [0.29, 0.717) is 16.5 Å². The van der Waals surface area contributed by atoms with Gasteiger partial charge in [0, 0.05) is 5.39 Å². The summed E-state index contributed by atoms with van der Waals surface area (Å²) in [6, 6.07) is 5.33. The summed E-state index contributed by atoms with van der Waals surface area (Å²) in [6.07, 6.45) is 2.03. The van der Waals surface area contributed by atoms with Gasteiger partial charge in [0.1, 0.15) is 11.9 Å². The Kier molecular flexibility index (Phi) is 4.10. The van der Waals surface area contributed by atoms with E-state index in [1.807, 2.05) is 12.1 Å². The van der Waals surface area contributed by atoms with Crippen LogP contribution in [0.2, 0.25) is 0 Å². The third kappa shape index (κ3) is 3.55. The monoisotopic (exact) mass is 343 g/mol. The molecule has 7 heteroatoms. The van der Waals surface area contributed by atoms with E-state index in [-0.39, 0.29) is 12.1 Å². The number of rotatable bonds is 4. The van der Waals surface area contributed by atoms with Crippen LogP contribution in [-0.2, 0) is 21.5 Å². The predicted molar refractivity (Wildman–Crippen MR) is 92.4 cm³/mol. The number of nitrogens with one attached hydrogen (secondary N) is 2. The number of nitrogens with zero attached hydrogens (tertiary/aromatic N) is 1. The Bertz CT molecular complexity index is 891. The Balaban J connectivity index is 1.91. The van der Waals surface area contributed by atoms with Crippen molar-refractivity contribution in [1.29, 1.82) is 0 Å². The number of carbonyl (C=O) groups excluding carboxylic acids is 2. The number of fused-ring (bicyclic) bond motifs is 1. The van der Waals surface area contributed by atoms with E-state index in [1.54, 1.807) is 26.8 Å². The van der Waals surface area contributed by atoms with Crippen molar-refractivity contribution in [3.8, 4) is 0 Å². The number of amides is 1. The van der Waals surface area contributed by atoms with E-state index in [4.69, 9.17) is 4.74 Å². The number of aromatic amines is 1. The Morgan fingerprint density at radius 1 is 1.36 bits per heavy atom. The van der Waals surface area contributed by atoms with Gasteiger partial charge in [-0.25, -0.2) is 9.89 Å². The summed E-state index contributed by atoms with van der Waals surface area (Å²) < 4.78 is 5.20. The van der Waals surface area contributed by atoms with Gasteiger partial charge in [-0.2, -0.15) is 5.10 Å². The molecule has 0 radical (unpaired) electrons. The van der Waals surface area contributed by atoms with Crippen LogP contribution in [0.4, 0.5) is 4.79 Å². The number of hydrogen-bond donors (Lipinski definition) is 2. The van der Waals surface area contributed by atoms with E-state index >= 15 is 0 Å². The molecule has 2 aromatic rings. The topological polar surface area (TPSA) is 101 Å². The SMILES string of the molecule is CC(C)(C)OC(=O)NCc1n[nH]c(=O)c2ccc(C3(C=O)CC3)cc12. The quantitative estimate of drug-likeness (QED) is 0.829. The molecule has 1 aromatic carbocycles. The lowest BCUT2D eigenvalue weighted by Gasteiger charge is -2.19. The van der Waals surface area contributed by atoms with Gasteiger partial charge in [0.15, 0.2) is 0 Å². The predicted octanol–water partition coefficient (Wildman–Crippen LogP) is 2.18. The summed E-state index contributed by atoms with van der Waals surface area (Å²) in [5, 5.41) is 10.2. The second kappa shape index (κ2) is 5.98. The van der Waals surface area contributed by atoms with Crippen LogP contribution in [0.3, 0.4) is 0 Å². The maximum Gasteiger partial charge on any atom is 0.407 e. The van der Waals surface area contributed by atoms with Crippen LogP contribution in [0.1, 0.15) is 44.9 Å². The molecule has 0 spiro atoms. The van der Waals surface area contributed by atoms with Gasteiger partial charge in [-0.15, -0.1) is 0 Å². The number of aromatic nitrogens is 2. The maximum absolute atomic E-state index is 12.0. The molecule has 0 bridgehead atoms. The second-order valence-corrected chi connectivity index (χ2v) is 7.39. The first-order valence-electron chi connectivity index (χ1n) is 8.19. The summed E-state index contributed by atoms with van der Waals surface area (Å²) in [7, 11) is 0. The molecular formula is C18H21N3O4. The van der Waals surface area contributed by atoms with Crippen molar-refractivity contribution in [2.75, 3.05) is 0 Å². The van der Waals surface area contributed by atoms with Crippen LogP contribution in [0.25, 0.3) is 10.8 Å². The Morgan fingerprint density at radius 3 is 2.68 bits per heavy atom. The van der Waals surface area contributed by atoms with Crippen molar-refractivity contribution < 1.29 is 14.3 Å². The standard InChI is InChI=1S/C18H21N3O4/c1-17(2,3)25-16(24)19-9-14-13-8-11(18(10-22)6-7-18)4-5-12(13)15(23)21-20-14/h4-5,8,10H,6-7,9H2,1-3H3,(H,19,24)(H,21,23). The highest BCUT2D eigenvalue weighted by Crippen LogP contribution is 2.46. The fraction of sp³-hybridized carbons (Fsp3) is 0.444. The smallest absolute Gasteiger partial charge is 0.407 e. The second-order valence-electron chi connectivity index (χ2n) is 7.39. The molecule has 1 amide bonds. The molecule has 25 heavy (non-hydrogen) atoms. The number of benzene rings is 1. The molecule has 0 saturated heterocycles. The van der Waals surface area contributed by atoms with Crippen molar-refractivity contribution in [1.82, 2.24) is 15.5 Å². The molecule has 0 aliphatic heterocycles. The van der Waals surface area contributed by atoms with E-state index in [0.717, 1.165) is 24.7 Å². The first kappa shape index (κ1) is 17.1. The molecule has 1 aliphatic carbocycles. The lowest BCUT2D eigenvalue weighted by atomic mass is 9.95. The number of ether oxygens (including phenoxy) is 1. The van der Waals surface area contributed by atoms with Crippen molar-refractivity contribution in [3.05, 3.63) is 39.8 Å². The zero-order valence-electron chi connectivity index (χ0n) is 14.5. The lowest BCUT2D eigenvalue weighted by molar-refractivity contribution is -0.109. The number of aldehydes is 1. The normalized spacial score (nSPS) is 15.6. The fourth-order valence-electron chi connectivity index (χ4n) is 2.74. The molecule has 2 N–H and O–H groups in total. The first-order valence-corrected chi connectivity index (χ1v) is 8.19. The van der Waals surface area contributed by atoms with E-state index in [9.17, 15) is 14.4 Å². The van der Waals surface area contributed by atoms with Gasteiger partial charge in [0.2, 0.25) is 0 Å². The third-order valence-electron chi connectivity index (χ3n) is 4.26. The van der Waals surface area contributed by atoms with E-state index in [1.165, 1.54) is 0 Å². The molecule has 1 aliphatic rings. The lowest BCUT2D eigenvalue weighted by Crippen LogP contribution is -2.32. The molecule has 1 heterocycles. The first-order chi connectivity index (χ1) is 11.7. The number of H-pyrrole nitrogens is 1. The fourth-order valence-corrected chi connectivity index (χ4v) is 2.74. The molecule has 1 aromatic heterocycles. The van der Waals surface area contributed by atoms with Crippen LogP contribution in [0.15, 0.2) is 23.0 Å². The summed E-state index contributed by atoms with van der Waals surface area (Å²) in [5.41, 5.74) is 0.0515. The van der Waals surface area contributed by atoms with E-state index < -0.39 is 17.1 Å². The average Bonchev–Trinajstić information content (AvgIpc) is 3.33. The summed E-state index contributed by atoms with van der Waals surface area (Å²) in [5.74, 6) is 0. The van der Waals surface area contributed by atoms with Gasteiger partial charge in [-0.3, -0.25) is 4.79 Å². The molecule has 0 unspecified atom stereocenters. The number of hydrogen-bond acceptors (Lipinski definition) is 5. The van der Waals surface area contributed by atoms with Crippen molar-refractivity contribution >= 4 is 23.2 Å². The average molecular weight is 343 g/mol. The summed E-state index contributed by atoms with van der Waals surface area (Å²) in [4.78, 5) is 35.2. The van der Waals surface area contributed by atoms with Crippen LogP contribution in [0.5, 0.6) is 0 Å². The minimum absolute atomic E-state index is 0.111. The van der Waals surface area contributed by atoms with Gasteiger partial charge in [0.05, 0.1) is 23.0 Å². The van der Waals surface area contributed by atoms with E-state index in [2.05, 4.69) is 15.5 Å². The van der Waals surface area contributed by atoms with Crippen molar-refractivity contribution in [3.63, 3.8) is 0 Å². The number of carbonyl (C=O) groups is 2. The van der Waals surface area contributed by atoms with Crippen LogP contribution in [-0.4, -0.2) is 28.2 Å². The molecule has 1 saturated carbocycles. The Morgan fingerprint density at radius 2 is 2.08 bits per heavy atom. The Labute approximate surface area is 144 Å². The minimum Gasteiger partial charge on any atom is -0.444 e. The number of alkyl carbamates (subject to hydrolysis) is 1. The molecule has 7 nitrogen and oxygen atoms in total. The van der Waals surface area contributed by atoms with Gasteiger partial charge in [-0.05, 0) is 51.3 Å². The molecule has 3 rings (SSSR count). The Hall–Kier alpha value is -2.70. The zero-order chi connectivity index (χ0) is 18.2. The molecule has 132 valence electrons. The van der Waals surface area contributed by atoms with Gasteiger partial charge in [0.25, 0.3) is 5.56 Å². The maximum atomic E-state index is 12.0. The third-order valence-corrected chi connectivity index (χ3v) is 4.26. The molecule has 0 atom stereocenters. The van der Waals surface area contributed by atoms with Crippen molar-refractivity contribution in [2.45, 2.75) is 51.2 Å². The van der Waals surface area contributed by atoms with Crippen LogP contribution >= 0.6 is 0 Å².